The van der Waals surface area contributed by atoms with E-state index >= 15 is 0 Å². The lowest BCUT2D eigenvalue weighted by Crippen LogP contribution is -2.29. The van der Waals surface area contributed by atoms with Crippen LogP contribution in [-0.4, -0.2) is 18.2 Å². The Morgan fingerprint density at radius 2 is 1.94 bits per heavy atom. The predicted molar refractivity (Wildman–Crippen MR) is 115 cm³/mol. The summed E-state index contributed by atoms with van der Waals surface area (Å²) in [5.41, 5.74) is 0.520. The van der Waals surface area contributed by atoms with Gasteiger partial charge < -0.3 is 13.7 Å². The molecule has 7 nitrogen and oxygen atoms in total. The van der Waals surface area contributed by atoms with E-state index in [1.807, 2.05) is 0 Å². The number of halogens is 2. The number of aryl methyl sites for hydroxylation is 1. The predicted octanol–water partition coefficient (Wildman–Crippen LogP) is 5.15. The Balaban J connectivity index is 1.84. The minimum Gasteiger partial charge on any atom is -0.497 e. The van der Waals surface area contributed by atoms with Crippen molar-refractivity contribution in [3.63, 3.8) is 0 Å². The lowest BCUT2D eigenvalue weighted by atomic mass is 9.98. The number of aromatic nitrogens is 1. The van der Waals surface area contributed by atoms with Crippen LogP contribution in [0.5, 0.6) is 5.75 Å². The summed E-state index contributed by atoms with van der Waals surface area (Å²) in [6.45, 7) is 1.71. The largest absolute Gasteiger partial charge is 0.497 e. The normalized spacial score (nSPS) is 15.5. The molecular weight excluding hydrogens is 443 g/mol. The first kappa shape index (κ1) is 19.7. The number of benzene rings is 2. The molecule has 0 radical (unpaired) electrons. The molecule has 1 amide bonds. The zero-order valence-corrected chi connectivity index (χ0v) is 17.8. The van der Waals surface area contributed by atoms with Gasteiger partial charge in [0, 0.05) is 11.1 Å². The van der Waals surface area contributed by atoms with Gasteiger partial charge in [0.15, 0.2) is 16.8 Å². The smallest absolute Gasteiger partial charge is 0.296 e. The van der Waals surface area contributed by atoms with Gasteiger partial charge in [-0.25, -0.2) is 0 Å². The molecule has 1 aliphatic heterocycles. The van der Waals surface area contributed by atoms with Gasteiger partial charge in [0.25, 0.3) is 5.91 Å². The maximum atomic E-state index is 13.6. The molecule has 0 aliphatic carbocycles. The number of carbonyl (C=O) groups excluding carboxylic acids is 1. The van der Waals surface area contributed by atoms with Crippen LogP contribution in [-0.2, 0) is 0 Å². The van der Waals surface area contributed by atoms with Crippen LogP contribution < -0.4 is 15.1 Å². The molecule has 0 saturated carbocycles. The number of amides is 1. The third-order valence-corrected chi connectivity index (χ3v) is 5.66. The van der Waals surface area contributed by atoms with E-state index in [0.29, 0.717) is 17.1 Å². The molecule has 0 unspecified atom stereocenters. The summed E-state index contributed by atoms with van der Waals surface area (Å²) < 4.78 is 16.4. The van der Waals surface area contributed by atoms with Crippen LogP contribution in [0.1, 0.15) is 33.5 Å². The van der Waals surface area contributed by atoms with E-state index < -0.39 is 17.4 Å². The van der Waals surface area contributed by atoms with Gasteiger partial charge >= 0.3 is 0 Å². The second-order valence-corrected chi connectivity index (χ2v) is 7.93. The fraction of sp³-hybridized carbons (Fsp3) is 0.136. The van der Waals surface area contributed by atoms with Crippen molar-refractivity contribution in [3.8, 4) is 5.75 Å². The molecule has 1 atom stereocenters. The summed E-state index contributed by atoms with van der Waals surface area (Å²) in [5.74, 6) is 0.721. The third-order valence-electron chi connectivity index (χ3n) is 5.16. The van der Waals surface area contributed by atoms with Gasteiger partial charge in [-0.1, -0.05) is 40.5 Å². The van der Waals surface area contributed by atoms with Gasteiger partial charge in [-0.15, -0.1) is 0 Å². The van der Waals surface area contributed by atoms with Crippen LogP contribution >= 0.6 is 23.2 Å². The van der Waals surface area contributed by atoms with Gasteiger partial charge in [0.2, 0.25) is 5.76 Å². The lowest BCUT2D eigenvalue weighted by molar-refractivity contribution is 0.0969. The second-order valence-electron chi connectivity index (χ2n) is 7.09. The van der Waals surface area contributed by atoms with Crippen molar-refractivity contribution in [2.24, 2.45) is 0 Å². The Labute approximate surface area is 185 Å². The van der Waals surface area contributed by atoms with Crippen molar-refractivity contribution in [1.82, 2.24) is 5.16 Å². The van der Waals surface area contributed by atoms with Crippen molar-refractivity contribution in [1.29, 1.82) is 0 Å². The van der Waals surface area contributed by atoms with Crippen molar-refractivity contribution >= 4 is 45.9 Å². The van der Waals surface area contributed by atoms with Crippen molar-refractivity contribution in [2.45, 2.75) is 13.0 Å². The molecule has 2 aromatic carbocycles. The molecule has 156 valence electrons. The van der Waals surface area contributed by atoms with E-state index in [-0.39, 0.29) is 38.2 Å². The van der Waals surface area contributed by atoms with E-state index in [0.717, 1.165) is 0 Å². The number of fused-ring (bicyclic) bond motifs is 2. The SMILES string of the molecule is COc1cccc([C@@H]2c3c(oc4c(Cl)cc(Cl)cc4c3=O)C(=O)N2c2cc(C)on2)c1. The molecule has 3 heterocycles. The highest BCUT2D eigenvalue weighted by atomic mass is 35.5. The van der Waals surface area contributed by atoms with Gasteiger partial charge in [-0.05, 0) is 36.8 Å². The molecule has 1 aliphatic rings. The van der Waals surface area contributed by atoms with Crippen molar-refractivity contribution in [3.05, 3.63) is 85.4 Å². The van der Waals surface area contributed by atoms with Crippen LogP contribution in [0.4, 0.5) is 5.82 Å². The Morgan fingerprint density at radius 3 is 2.65 bits per heavy atom. The third kappa shape index (κ3) is 3.00. The number of nitrogens with zero attached hydrogens (tertiary/aromatic N) is 2. The van der Waals surface area contributed by atoms with Crippen molar-refractivity contribution < 1.29 is 18.5 Å². The number of hydrogen-bond acceptors (Lipinski definition) is 6. The number of rotatable bonds is 3. The first-order chi connectivity index (χ1) is 14.9. The Hall–Kier alpha value is -3.29. The molecule has 4 aromatic rings. The minimum absolute atomic E-state index is 0.102. The number of carbonyl (C=O) groups is 1. The molecule has 0 fully saturated rings. The monoisotopic (exact) mass is 456 g/mol. The summed E-state index contributed by atoms with van der Waals surface area (Å²) in [4.78, 5) is 28.4. The Morgan fingerprint density at radius 1 is 1.13 bits per heavy atom. The molecule has 9 heteroatoms. The molecule has 5 rings (SSSR count). The van der Waals surface area contributed by atoms with Crippen LogP contribution in [0.3, 0.4) is 0 Å². The molecule has 0 saturated heterocycles. The Bertz CT molecular complexity index is 1430. The first-order valence-corrected chi connectivity index (χ1v) is 10.0. The topological polar surface area (TPSA) is 85.8 Å². The average Bonchev–Trinajstić information content (AvgIpc) is 3.30. The molecule has 31 heavy (non-hydrogen) atoms. The van der Waals surface area contributed by atoms with Crippen LogP contribution in [0.25, 0.3) is 11.0 Å². The average molecular weight is 457 g/mol. The summed E-state index contributed by atoms with van der Waals surface area (Å²) in [6, 6.07) is 10.8. The molecule has 0 N–H and O–H groups in total. The summed E-state index contributed by atoms with van der Waals surface area (Å²) in [5, 5.41) is 4.61. The van der Waals surface area contributed by atoms with Crippen molar-refractivity contribution in [2.75, 3.05) is 12.0 Å². The van der Waals surface area contributed by atoms with Crippen LogP contribution in [0, 0.1) is 6.92 Å². The number of methoxy groups -OCH3 is 1. The van der Waals surface area contributed by atoms with Gasteiger partial charge in [0.05, 0.1) is 29.1 Å². The zero-order chi connectivity index (χ0) is 21.9. The maximum Gasteiger partial charge on any atom is 0.296 e. The summed E-state index contributed by atoms with van der Waals surface area (Å²) >= 11 is 12.4. The fourth-order valence-electron chi connectivity index (χ4n) is 3.83. The highest BCUT2D eigenvalue weighted by Crippen LogP contribution is 2.42. The molecule has 0 spiro atoms. The van der Waals surface area contributed by atoms with Gasteiger partial charge in [-0.2, -0.15) is 0 Å². The van der Waals surface area contributed by atoms with E-state index in [1.165, 1.54) is 24.1 Å². The Kier molecular flexibility index (Phi) is 4.53. The number of hydrogen-bond donors (Lipinski definition) is 0. The lowest BCUT2D eigenvalue weighted by Gasteiger charge is -2.22. The summed E-state index contributed by atoms with van der Waals surface area (Å²) in [6.07, 6.45) is 0. The molecular formula is C22H14Cl2N2O5. The molecule has 2 aromatic heterocycles. The first-order valence-electron chi connectivity index (χ1n) is 9.25. The minimum atomic E-state index is -0.805. The summed E-state index contributed by atoms with van der Waals surface area (Å²) in [7, 11) is 1.54. The zero-order valence-electron chi connectivity index (χ0n) is 16.3. The second kappa shape index (κ2) is 7.14. The van der Waals surface area contributed by atoms with E-state index in [9.17, 15) is 9.59 Å². The van der Waals surface area contributed by atoms with E-state index in [1.54, 1.807) is 37.3 Å². The number of ether oxygens (including phenoxy) is 1. The quantitative estimate of drug-likeness (QED) is 0.423. The van der Waals surface area contributed by atoms with Crippen LogP contribution in [0.15, 0.2) is 56.2 Å². The van der Waals surface area contributed by atoms with Gasteiger partial charge in [0.1, 0.15) is 11.5 Å². The highest BCUT2D eigenvalue weighted by Gasteiger charge is 2.45. The van der Waals surface area contributed by atoms with E-state index in [4.69, 9.17) is 36.9 Å². The highest BCUT2D eigenvalue weighted by molar-refractivity contribution is 6.38. The van der Waals surface area contributed by atoms with E-state index in [2.05, 4.69) is 5.16 Å². The van der Waals surface area contributed by atoms with Crippen LogP contribution in [0.2, 0.25) is 10.0 Å². The maximum absolute atomic E-state index is 13.6. The fourth-order valence-corrected chi connectivity index (χ4v) is 4.36. The molecule has 0 bridgehead atoms. The standard InChI is InChI=1S/C22H14Cl2N2O5/c1-10-6-16(25-31-10)26-18(11-4-3-5-13(7-11)29-2)17-19(27)14-8-12(23)9-15(24)20(14)30-21(17)22(26)28/h3-9,18H,1-2H3/t18-/m1/s1. The number of anilines is 1. The van der Waals surface area contributed by atoms with Gasteiger partial charge in [-0.3, -0.25) is 14.5 Å².